The molecular weight excluding hydrogens is 524 g/mol. The van der Waals surface area contributed by atoms with Gasteiger partial charge >= 0.3 is 0 Å². The minimum atomic E-state index is -0.394. The fourth-order valence-electron chi connectivity index (χ4n) is 3.75. The first-order valence-electron chi connectivity index (χ1n) is 9.26. The van der Waals surface area contributed by atoms with Crippen molar-refractivity contribution < 1.29 is 9.59 Å². The number of fused-ring (bicyclic) bond motifs is 1. The van der Waals surface area contributed by atoms with Gasteiger partial charge in [-0.3, -0.25) is 19.4 Å². The number of rotatable bonds is 5. The standard InChI is InChI=1S/C21H22IN3O2.2ClH/c22-17-6-7-19-18(14-17)20(26)21(27)25(19)13-12-23-8-10-24(11-9-23)15-16-4-2-1-3-5-16;;/h1-7,14H,8-13,15H2;2*1H. The van der Waals surface area contributed by atoms with Gasteiger partial charge in [-0.15, -0.1) is 24.8 Å². The SMILES string of the molecule is Cl.Cl.O=C1C(=O)N(CCN2CCN(Cc3ccccc3)CC2)c2ccc(I)cc21. The van der Waals surface area contributed by atoms with Crippen molar-refractivity contribution in [3.8, 4) is 0 Å². The van der Waals surface area contributed by atoms with Crippen LogP contribution in [0.4, 0.5) is 5.69 Å². The van der Waals surface area contributed by atoms with Gasteiger partial charge in [0.15, 0.2) is 0 Å². The fourth-order valence-corrected chi connectivity index (χ4v) is 4.24. The number of benzene rings is 2. The Hall–Kier alpha value is -1.19. The van der Waals surface area contributed by atoms with Crippen LogP contribution in [0, 0.1) is 3.57 Å². The molecule has 0 saturated carbocycles. The highest BCUT2D eigenvalue weighted by Crippen LogP contribution is 2.30. The third kappa shape index (κ3) is 5.49. The first-order valence-corrected chi connectivity index (χ1v) is 10.3. The Morgan fingerprint density at radius 1 is 0.828 bits per heavy atom. The number of amides is 1. The van der Waals surface area contributed by atoms with Crippen molar-refractivity contribution in [3.05, 3.63) is 63.2 Å². The number of halogens is 3. The molecule has 0 aliphatic carbocycles. The number of ketones is 1. The van der Waals surface area contributed by atoms with Gasteiger partial charge in [0, 0.05) is 49.4 Å². The molecule has 0 aromatic heterocycles. The zero-order valence-electron chi connectivity index (χ0n) is 15.9. The minimum absolute atomic E-state index is 0. The maximum absolute atomic E-state index is 12.3. The molecule has 156 valence electrons. The number of piperazine rings is 1. The highest BCUT2D eigenvalue weighted by molar-refractivity contribution is 14.1. The number of hydrogen-bond donors (Lipinski definition) is 0. The molecule has 2 heterocycles. The Kier molecular flexibility index (Phi) is 8.91. The van der Waals surface area contributed by atoms with Gasteiger partial charge in [0.05, 0.1) is 11.3 Å². The van der Waals surface area contributed by atoms with E-state index >= 15 is 0 Å². The van der Waals surface area contributed by atoms with Gasteiger partial charge < -0.3 is 4.90 Å². The Labute approximate surface area is 197 Å². The zero-order chi connectivity index (χ0) is 18.8. The average Bonchev–Trinajstić information content (AvgIpc) is 2.92. The average molecular weight is 548 g/mol. The summed E-state index contributed by atoms with van der Waals surface area (Å²) in [7, 11) is 0. The number of carbonyl (C=O) groups is 2. The summed E-state index contributed by atoms with van der Waals surface area (Å²) in [6.07, 6.45) is 0. The number of carbonyl (C=O) groups excluding carboxylic acids is 2. The summed E-state index contributed by atoms with van der Waals surface area (Å²) in [5.74, 6) is -0.772. The number of anilines is 1. The highest BCUT2D eigenvalue weighted by atomic mass is 127. The molecule has 0 bridgehead atoms. The lowest BCUT2D eigenvalue weighted by Gasteiger charge is -2.35. The van der Waals surface area contributed by atoms with Gasteiger partial charge in [0.2, 0.25) is 0 Å². The lowest BCUT2D eigenvalue weighted by molar-refractivity contribution is -0.114. The van der Waals surface area contributed by atoms with Gasteiger partial charge in [-0.05, 0) is 46.4 Å². The molecule has 1 fully saturated rings. The zero-order valence-corrected chi connectivity index (χ0v) is 19.7. The summed E-state index contributed by atoms with van der Waals surface area (Å²) in [6.45, 7) is 6.37. The van der Waals surface area contributed by atoms with Crippen LogP contribution in [0.25, 0.3) is 0 Å². The van der Waals surface area contributed by atoms with Crippen LogP contribution in [0.2, 0.25) is 0 Å². The normalized spacial score (nSPS) is 16.9. The van der Waals surface area contributed by atoms with E-state index in [0.29, 0.717) is 12.1 Å². The third-order valence-corrected chi connectivity index (χ3v) is 5.96. The predicted octanol–water partition coefficient (Wildman–Crippen LogP) is 3.48. The Bertz CT molecular complexity index is 858. The van der Waals surface area contributed by atoms with E-state index in [1.54, 1.807) is 11.0 Å². The first-order chi connectivity index (χ1) is 13.1. The number of hydrogen-bond acceptors (Lipinski definition) is 4. The molecule has 5 nitrogen and oxygen atoms in total. The van der Waals surface area contributed by atoms with Gasteiger partial charge in [0.25, 0.3) is 11.7 Å². The van der Waals surface area contributed by atoms with Gasteiger partial charge in [-0.1, -0.05) is 30.3 Å². The molecule has 8 heteroatoms. The number of Topliss-reactive ketones (excluding diaryl/α,β-unsaturated/α-hetero) is 1. The van der Waals surface area contributed by atoms with Gasteiger partial charge in [-0.2, -0.15) is 0 Å². The van der Waals surface area contributed by atoms with Crippen molar-refractivity contribution in [2.24, 2.45) is 0 Å². The second-order valence-corrected chi connectivity index (χ2v) is 8.30. The van der Waals surface area contributed by atoms with Crippen molar-refractivity contribution in [1.29, 1.82) is 0 Å². The Morgan fingerprint density at radius 3 is 2.17 bits per heavy atom. The van der Waals surface area contributed by atoms with E-state index < -0.39 is 5.91 Å². The lowest BCUT2D eigenvalue weighted by Crippen LogP contribution is -2.48. The second-order valence-electron chi connectivity index (χ2n) is 7.05. The molecule has 1 amide bonds. The van der Waals surface area contributed by atoms with E-state index in [1.165, 1.54) is 5.56 Å². The summed E-state index contributed by atoms with van der Waals surface area (Å²) in [6, 6.07) is 16.2. The maximum Gasteiger partial charge on any atom is 0.299 e. The van der Waals surface area contributed by atoms with Crippen LogP contribution >= 0.6 is 47.4 Å². The van der Waals surface area contributed by atoms with E-state index in [0.717, 1.165) is 48.5 Å². The largest absolute Gasteiger partial charge is 0.303 e. The summed E-state index contributed by atoms with van der Waals surface area (Å²) in [4.78, 5) is 31.0. The van der Waals surface area contributed by atoms with Crippen LogP contribution in [0.15, 0.2) is 48.5 Å². The van der Waals surface area contributed by atoms with Crippen LogP contribution in [0.3, 0.4) is 0 Å². The molecule has 0 spiro atoms. The van der Waals surface area contributed by atoms with Crippen LogP contribution in [-0.2, 0) is 11.3 Å². The molecule has 29 heavy (non-hydrogen) atoms. The molecule has 2 aliphatic heterocycles. The van der Waals surface area contributed by atoms with E-state index in [9.17, 15) is 9.59 Å². The van der Waals surface area contributed by atoms with Crippen molar-refractivity contribution >= 4 is 64.8 Å². The molecule has 0 unspecified atom stereocenters. The first kappa shape index (κ1) is 24.1. The molecule has 0 N–H and O–H groups in total. The number of nitrogens with zero attached hydrogens (tertiary/aromatic N) is 3. The van der Waals surface area contributed by atoms with Gasteiger partial charge in [-0.25, -0.2) is 0 Å². The quantitative estimate of drug-likeness (QED) is 0.424. The molecular formula is C21H24Cl2IN3O2. The minimum Gasteiger partial charge on any atom is -0.303 e. The molecule has 2 aromatic rings. The van der Waals surface area contributed by atoms with Crippen molar-refractivity contribution in [3.63, 3.8) is 0 Å². The maximum atomic E-state index is 12.3. The summed E-state index contributed by atoms with van der Waals surface area (Å²) in [5.41, 5.74) is 2.64. The van der Waals surface area contributed by atoms with Gasteiger partial charge in [0.1, 0.15) is 0 Å². The van der Waals surface area contributed by atoms with Crippen LogP contribution in [0.1, 0.15) is 15.9 Å². The summed E-state index contributed by atoms with van der Waals surface area (Å²) < 4.78 is 0.976. The van der Waals surface area contributed by atoms with Crippen molar-refractivity contribution in [2.45, 2.75) is 6.54 Å². The topological polar surface area (TPSA) is 43.9 Å². The molecule has 2 aromatic carbocycles. The van der Waals surface area contributed by atoms with E-state index in [4.69, 9.17) is 0 Å². The molecule has 4 rings (SSSR count). The van der Waals surface area contributed by atoms with E-state index in [1.807, 2.05) is 18.2 Å². The second kappa shape index (κ2) is 10.7. The molecule has 0 atom stereocenters. The predicted molar refractivity (Wildman–Crippen MR) is 128 cm³/mol. The van der Waals surface area contributed by atoms with E-state index in [-0.39, 0.29) is 30.6 Å². The molecule has 1 saturated heterocycles. The third-order valence-electron chi connectivity index (χ3n) is 5.29. The van der Waals surface area contributed by atoms with Crippen LogP contribution < -0.4 is 4.90 Å². The lowest BCUT2D eigenvalue weighted by atomic mass is 10.1. The summed E-state index contributed by atoms with van der Waals surface area (Å²) in [5, 5.41) is 0. The fraction of sp³-hybridized carbons (Fsp3) is 0.333. The van der Waals surface area contributed by atoms with Crippen LogP contribution in [-0.4, -0.2) is 60.8 Å². The Balaban J connectivity index is 0.00000150. The van der Waals surface area contributed by atoms with Crippen molar-refractivity contribution in [1.82, 2.24) is 9.80 Å². The molecule has 2 aliphatic rings. The summed E-state index contributed by atoms with van der Waals surface area (Å²) >= 11 is 2.17. The Morgan fingerprint density at radius 2 is 1.48 bits per heavy atom. The monoisotopic (exact) mass is 547 g/mol. The smallest absolute Gasteiger partial charge is 0.299 e. The van der Waals surface area contributed by atoms with Crippen molar-refractivity contribution in [2.75, 3.05) is 44.2 Å². The van der Waals surface area contributed by atoms with E-state index in [2.05, 4.69) is 56.7 Å². The molecule has 0 radical (unpaired) electrons. The van der Waals surface area contributed by atoms with Crippen LogP contribution in [0.5, 0.6) is 0 Å². The highest BCUT2D eigenvalue weighted by Gasteiger charge is 2.35.